The number of rotatable bonds is 8. The van der Waals surface area contributed by atoms with Crippen molar-refractivity contribution in [2.75, 3.05) is 33.3 Å². The Morgan fingerprint density at radius 3 is 1.02 bits per heavy atom. The highest BCUT2D eigenvalue weighted by atomic mass is 31.2. The lowest BCUT2D eigenvalue weighted by molar-refractivity contribution is 0.587. The summed E-state index contributed by atoms with van der Waals surface area (Å²) >= 11 is 0. The summed E-state index contributed by atoms with van der Waals surface area (Å²) in [6, 6.07) is 99.8. The summed E-state index contributed by atoms with van der Waals surface area (Å²) in [5, 5.41) is 13.7. The van der Waals surface area contributed by atoms with Crippen molar-refractivity contribution in [2.45, 2.75) is 0 Å². The van der Waals surface area contributed by atoms with Gasteiger partial charge in [-0.15, -0.1) is 0 Å². The zero-order valence-corrected chi connectivity index (χ0v) is 60.2. The molecule has 12 nitrogen and oxygen atoms in total. The fraction of sp³-hybridized carbons (Fsp3) is 0.0562. The Labute approximate surface area is 598 Å². The van der Waals surface area contributed by atoms with Crippen molar-refractivity contribution in [3.8, 4) is 44.9 Å². The first-order valence-electron chi connectivity index (χ1n) is 34.5. The van der Waals surface area contributed by atoms with Gasteiger partial charge in [-0.1, -0.05) is 224 Å². The molecule has 0 bridgehead atoms. The number of pyridine rings is 4. The fourth-order valence-electron chi connectivity index (χ4n) is 14.7. The number of hydrogen-bond acceptors (Lipinski definition) is 9. The highest BCUT2D eigenvalue weighted by molar-refractivity contribution is 7.78. The number of benzene rings is 12. The van der Waals surface area contributed by atoms with E-state index in [1.54, 1.807) is 38.6 Å². The van der Waals surface area contributed by atoms with Gasteiger partial charge in [0.25, 0.3) is 0 Å². The van der Waals surface area contributed by atoms with E-state index in [9.17, 15) is 13.7 Å². The van der Waals surface area contributed by atoms with Crippen molar-refractivity contribution in [1.29, 1.82) is 0 Å². The average molecular weight is 1400 g/mol. The van der Waals surface area contributed by atoms with Gasteiger partial charge in [0.1, 0.15) is 38.4 Å². The zero-order chi connectivity index (χ0) is 70.6. The number of imidazole rings is 3. The summed E-state index contributed by atoms with van der Waals surface area (Å²) in [6.45, 7) is 8.92. The molecule has 1 unspecified atom stereocenters. The van der Waals surface area contributed by atoms with Crippen LogP contribution in [-0.4, -0.2) is 76.4 Å². The number of nitrogens with zero attached hydrogens (tertiary/aromatic N) is 9. The molecule has 0 saturated heterocycles. The van der Waals surface area contributed by atoms with Crippen molar-refractivity contribution < 1.29 is 13.7 Å². The number of para-hydroxylation sites is 6. The van der Waals surface area contributed by atoms with Gasteiger partial charge in [0, 0.05) is 77.9 Å². The molecule has 500 valence electrons. The van der Waals surface area contributed by atoms with Crippen molar-refractivity contribution in [3.05, 3.63) is 310 Å². The minimum absolute atomic E-state index is 0.597. The Morgan fingerprint density at radius 2 is 0.587 bits per heavy atom. The first-order valence-corrected chi connectivity index (χ1v) is 41.8. The number of hydrogen-bond donors (Lipinski definition) is 0. The average Bonchev–Trinajstić information content (AvgIpc) is 1.53. The summed E-state index contributed by atoms with van der Waals surface area (Å²) < 4.78 is 45.0. The van der Waals surface area contributed by atoms with Crippen LogP contribution in [0.15, 0.2) is 310 Å². The van der Waals surface area contributed by atoms with Gasteiger partial charge in [0.15, 0.2) is 5.82 Å². The maximum absolute atomic E-state index is 13.5. The second-order valence-corrected chi connectivity index (χ2v) is 36.7. The zero-order valence-electron chi connectivity index (χ0n) is 57.5. The molecule has 8 aromatic heterocycles. The molecule has 8 heterocycles. The van der Waals surface area contributed by atoms with Crippen LogP contribution in [-0.2, 0) is 13.7 Å². The fourth-order valence-corrected chi connectivity index (χ4v) is 17.9. The molecule has 0 saturated carbocycles. The van der Waals surface area contributed by atoms with Gasteiger partial charge in [0.2, 0.25) is 0 Å². The van der Waals surface area contributed by atoms with Gasteiger partial charge in [-0.25, -0.2) is 24.9 Å². The predicted molar refractivity (Wildman–Crippen MR) is 436 cm³/mol. The van der Waals surface area contributed by atoms with Crippen molar-refractivity contribution in [3.63, 3.8) is 0 Å². The van der Waals surface area contributed by atoms with Crippen LogP contribution in [0.3, 0.4) is 0 Å². The van der Waals surface area contributed by atoms with Crippen LogP contribution in [0.25, 0.3) is 160 Å². The third-order valence-corrected chi connectivity index (χ3v) is 25.7. The van der Waals surface area contributed by atoms with Crippen LogP contribution in [0.5, 0.6) is 0 Å². The Bertz CT molecular complexity index is 7010. The van der Waals surface area contributed by atoms with E-state index in [2.05, 4.69) is 234 Å². The maximum Gasteiger partial charge on any atom is 0.159 e. The molecule has 20 rings (SSSR count). The normalized spacial score (nSPS) is 12.7. The van der Waals surface area contributed by atoms with E-state index in [4.69, 9.17) is 15.0 Å². The molecular weight excluding hydrogens is 1340 g/mol. The smallest absolute Gasteiger partial charge is 0.159 e. The molecule has 15 heteroatoms. The van der Waals surface area contributed by atoms with E-state index >= 15 is 0 Å². The van der Waals surface area contributed by atoms with E-state index in [1.165, 1.54) is 32.7 Å². The predicted octanol–water partition coefficient (Wildman–Crippen LogP) is 20.7. The first-order chi connectivity index (χ1) is 50.6. The van der Waals surface area contributed by atoms with E-state index in [0.29, 0.717) is 11.1 Å². The van der Waals surface area contributed by atoms with Crippen LogP contribution >= 0.6 is 21.4 Å². The van der Waals surface area contributed by atoms with Gasteiger partial charge in [0.05, 0.1) is 60.6 Å². The minimum atomic E-state index is -2.76. The SMILES string of the molecule is CP(=O)(c1ccccc1)c1cnc(-c2ccc3c4ccccc4c4nc5ccccc5n4c3c2)nc1.CP(C)(=O)c1ccc(-c2ccc(-c3ccc4c5ccccc5c5nc6ccccc6n5c4c3)cc2)cc1.CP(C)(=O)c1ccc(-c2ccc3c4ccccc4c4nc5ccccc5n4c3c2)nc1. The summed E-state index contributed by atoms with van der Waals surface area (Å²) in [7, 11) is -7.34. The molecule has 0 aliphatic heterocycles. The minimum Gasteiger partial charge on any atom is -0.319 e. The van der Waals surface area contributed by atoms with Crippen LogP contribution in [0.2, 0.25) is 0 Å². The molecule has 0 aliphatic rings. The topological polar surface area (TPSA) is 142 Å². The second kappa shape index (κ2) is 25.2. The summed E-state index contributed by atoms with van der Waals surface area (Å²) in [5.41, 5.74) is 19.8. The van der Waals surface area contributed by atoms with Gasteiger partial charge in [-0.05, 0) is 138 Å². The molecule has 1 atom stereocenters. The molecule has 0 amide bonds. The molecule has 0 radical (unpaired) electrons. The lowest BCUT2D eigenvalue weighted by Gasteiger charge is -2.14. The largest absolute Gasteiger partial charge is 0.319 e. The third-order valence-electron chi connectivity index (χ3n) is 20.1. The lowest BCUT2D eigenvalue weighted by atomic mass is 9.98. The molecule has 0 spiro atoms. The van der Waals surface area contributed by atoms with E-state index in [0.717, 1.165) is 137 Å². The van der Waals surface area contributed by atoms with Crippen molar-refractivity contribution >= 4 is 158 Å². The van der Waals surface area contributed by atoms with Crippen molar-refractivity contribution in [1.82, 2.24) is 43.1 Å². The van der Waals surface area contributed by atoms with Crippen LogP contribution in [0.1, 0.15) is 0 Å². The summed E-state index contributed by atoms with van der Waals surface area (Å²) in [6.07, 6.45) is 5.13. The Morgan fingerprint density at radius 1 is 0.250 bits per heavy atom. The Balaban J connectivity index is 0.000000112. The van der Waals surface area contributed by atoms with E-state index in [1.807, 2.05) is 98.3 Å². The van der Waals surface area contributed by atoms with Crippen LogP contribution in [0.4, 0.5) is 0 Å². The summed E-state index contributed by atoms with van der Waals surface area (Å²) in [5.74, 6) is 0.597. The molecule has 0 aliphatic carbocycles. The molecule has 12 aromatic carbocycles. The second-order valence-electron chi connectivity index (χ2n) is 27.4. The molecule has 20 aromatic rings. The first kappa shape index (κ1) is 64.1. The molecule has 0 N–H and O–H groups in total. The quantitative estimate of drug-likeness (QED) is 0.107. The van der Waals surface area contributed by atoms with Gasteiger partial charge in [-0.2, -0.15) is 0 Å². The van der Waals surface area contributed by atoms with Crippen molar-refractivity contribution in [2.24, 2.45) is 0 Å². The maximum atomic E-state index is 13.5. The van der Waals surface area contributed by atoms with Crippen LogP contribution in [0, 0.1) is 0 Å². The number of aromatic nitrogens is 9. The van der Waals surface area contributed by atoms with E-state index < -0.39 is 21.4 Å². The van der Waals surface area contributed by atoms with E-state index in [-0.39, 0.29) is 0 Å². The standard InChI is InChI=1S/C33H25N2OP.C30H21N4OP.C26H20N3OP/c1-37(2,36)26-18-15-23(16-19-26)22-11-13-24(14-12-22)25-17-20-28-27-7-3-4-8-29(27)33-34-30-9-5-6-10-31(30)35(33)32(28)21-25;1-36(35,21-9-3-2-4-10-21)22-18-31-29(32-19-22)20-15-16-24-23-11-5-6-12-25(23)30-33-26-13-7-8-14-27(26)34(30)28(24)17-20;1-31(2,30)18-12-14-22(27-16-18)17-11-13-20-19-7-3-4-8-21(19)26-28-23-9-5-6-10-24(23)29(26)25(20)15-17/h3-21H,1-2H3;2-19H,1H3;3-16H,1-2H3. The van der Waals surface area contributed by atoms with Gasteiger partial charge in [-0.3, -0.25) is 18.2 Å². The molecule has 0 fully saturated rings. The molecule has 104 heavy (non-hydrogen) atoms. The number of fused-ring (bicyclic) bond motifs is 24. The Hall–Kier alpha value is -12.0. The molecular formula is C89H66N9O3P3. The Kier molecular flexibility index (Phi) is 15.5. The van der Waals surface area contributed by atoms with Gasteiger partial charge < -0.3 is 13.7 Å². The summed E-state index contributed by atoms with van der Waals surface area (Å²) in [4.78, 5) is 28.8. The third kappa shape index (κ3) is 11.1. The van der Waals surface area contributed by atoms with Crippen LogP contribution < -0.4 is 21.2 Å². The monoisotopic (exact) mass is 1400 g/mol. The lowest BCUT2D eigenvalue weighted by Crippen LogP contribution is -2.16. The van der Waals surface area contributed by atoms with Gasteiger partial charge >= 0.3 is 0 Å². The highest BCUT2D eigenvalue weighted by Crippen LogP contribution is 2.42. The highest BCUT2D eigenvalue weighted by Gasteiger charge is 2.24.